The van der Waals surface area contributed by atoms with Crippen LogP contribution in [0.15, 0.2) is 78.9 Å². The fourth-order valence-corrected chi connectivity index (χ4v) is 5.61. The number of hydrogen-bond donors (Lipinski definition) is 1. The lowest BCUT2D eigenvalue weighted by atomic mass is 10.0. The fourth-order valence-electron chi connectivity index (χ4n) is 4.64. The second kappa shape index (κ2) is 14.7. The summed E-state index contributed by atoms with van der Waals surface area (Å²) in [4.78, 5) is 29.0. The standard InChI is InChI=1S/C32H41N3O5S/c1-24(2)33-32(37)29(22-26-12-7-6-8-13-26)34(23-27-19-17-25(3)18-20-27)31(36)16-11-21-35(41(5,38)39)28-14-9-10-15-30(28)40-4/h6-10,12-15,17-20,24,29H,11,16,21-23H2,1-5H3,(H,33,37)/t29-/m0/s1. The molecule has 1 atom stereocenters. The molecule has 3 rings (SSSR count). The molecule has 0 radical (unpaired) electrons. The molecule has 0 spiro atoms. The molecule has 3 aromatic rings. The Morgan fingerprint density at radius 3 is 2.15 bits per heavy atom. The molecule has 1 N–H and O–H groups in total. The topological polar surface area (TPSA) is 96.0 Å². The predicted octanol–water partition coefficient (Wildman–Crippen LogP) is 4.71. The molecule has 0 aliphatic carbocycles. The van der Waals surface area contributed by atoms with Crippen molar-refractivity contribution < 1.29 is 22.7 Å². The number of anilines is 1. The molecule has 0 aliphatic heterocycles. The summed E-state index contributed by atoms with van der Waals surface area (Å²) >= 11 is 0. The number of ether oxygens (including phenoxy) is 1. The second-order valence-electron chi connectivity index (χ2n) is 10.5. The van der Waals surface area contributed by atoms with E-state index < -0.39 is 16.1 Å². The number of carbonyl (C=O) groups excluding carboxylic acids is 2. The number of aryl methyl sites for hydroxylation is 1. The summed E-state index contributed by atoms with van der Waals surface area (Å²) in [5.41, 5.74) is 3.37. The Morgan fingerprint density at radius 1 is 0.902 bits per heavy atom. The Bertz CT molecular complexity index is 1390. The Balaban J connectivity index is 1.89. The molecule has 9 heteroatoms. The number of hydrogen-bond acceptors (Lipinski definition) is 5. The van der Waals surface area contributed by atoms with Gasteiger partial charge in [-0.2, -0.15) is 0 Å². The third-order valence-corrected chi connectivity index (χ3v) is 7.86. The summed E-state index contributed by atoms with van der Waals surface area (Å²) in [6.45, 7) is 6.12. The van der Waals surface area contributed by atoms with Crippen LogP contribution >= 0.6 is 0 Å². The fraction of sp³-hybridized carbons (Fsp3) is 0.375. The molecule has 2 amide bonds. The van der Waals surface area contributed by atoms with Crippen LogP contribution in [-0.4, -0.2) is 57.1 Å². The Hall–Kier alpha value is -3.85. The zero-order valence-electron chi connectivity index (χ0n) is 24.5. The predicted molar refractivity (Wildman–Crippen MR) is 163 cm³/mol. The number of sulfonamides is 1. The number of para-hydroxylation sites is 2. The molecule has 0 aliphatic rings. The molecule has 3 aromatic carbocycles. The second-order valence-corrected chi connectivity index (χ2v) is 12.4. The summed E-state index contributed by atoms with van der Waals surface area (Å²) in [5.74, 6) is -0.0199. The van der Waals surface area contributed by atoms with Gasteiger partial charge in [0.15, 0.2) is 0 Å². The third-order valence-electron chi connectivity index (χ3n) is 6.68. The van der Waals surface area contributed by atoms with Crippen LogP contribution in [0, 0.1) is 6.92 Å². The van der Waals surface area contributed by atoms with Gasteiger partial charge in [-0.25, -0.2) is 8.42 Å². The highest BCUT2D eigenvalue weighted by Gasteiger charge is 2.31. The molecule has 0 saturated heterocycles. The van der Waals surface area contributed by atoms with Crippen molar-refractivity contribution >= 4 is 27.5 Å². The number of carbonyl (C=O) groups is 2. The highest BCUT2D eigenvalue weighted by Crippen LogP contribution is 2.30. The maximum atomic E-state index is 13.9. The lowest BCUT2D eigenvalue weighted by molar-refractivity contribution is -0.141. The number of rotatable bonds is 14. The van der Waals surface area contributed by atoms with E-state index in [0.717, 1.165) is 22.9 Å². The number of nitrogens with zero attached hydrogens (tertiary/aromatic N) is 2. The first-order valence-corrected chi connectivity index (χ1v) is 15.6. The average molecular weight is 580 g/mol. The van der Waals surface area contributed by atoms with Gasteiger partial charge in [-0.05, 0) is 50.5 Å². The van der Waals surface area contributed by atoms with E-state index in [1.54, 1.807) is 29.2 Å². The van der Waals surface area contributed by atoms with Crippen molar-refractivity contribution in [3.63, 3.8) is 0 Å². The molecule has 0 unspecified atom stereocenters. The molecular formula is C32H41N3O5S. The quantitative estimate of drug-likeness (QED) is 0.298. The number of methoxy groups -OCH3 is 1. The number of benzene rings is 3. The van der Waals surface area contributed by atoms with Gasteiger partial charge in [0.05, 0.1) is 19.1 Å². The lowest BCUT2D eigenvalue weighted by Crippen LogP contribution is -2.51. The third kappa shape index (κ3) is 9.35. The molecule has 41 heavy (non-hydrogen) atoms. The van der Waals surface area contributed by atoms with Crippen LogP contribution in [-0.2, 0) is 32.6 Å². The van der Waals surface area contributed by atoms with Crippen LogP contribution in [0.5, 0.6) is 5.75 Å². The minimum atomic E-state index is -3.64. The molecule has 0 bridgehead atoms. The Morgan fingerprint density at radius 2 is 1.54 bits per heavy atom. The molecular weight excluding hydrogens is 538 g/mol. The minimum absolute atomic E-state index is 0.0628. The van der Waals surface area contributed by atoms with Gasteiger partial charge in [-0.1, -0.05) is 72.3 Å². The van der Waals surface area contributed by atoms with E-state index in [2.05, 4.69) is 5.32 Å². The molecule has 220 valence electrons. The normalized spacial score (nSPS) is 12.0. The average Bonchev–Trinajstić information content (AvgIpc) is 2.93. The summed E-state index contributed by atoms with van der Waals surface area (Å²) in [5, 5.41) is 2.99. The summed E-state index contributed by atoms with van der Waals surface area (Å²) in [7, 11) is -2.15. The van der Waals surface area contributed by atoms with Gasteiger partial charge in [0.25, 0.3) is 0 Å². The van der Waals surface area contributed by atoms with E-state index in [9.17, 15) is 18.0 Å². The van der Waals surface area contributed by atoms with Crippen molar-refractivity contribution in [2.75, 3.05) is 24.2 Å². The van der Waals surface area contributed by atoms with Crippen molar-refractivity contribution in [1.82, 2.24) is 10.2 Å². The lowest BCUT2D eigenvalue weighted by Gasteiger charge is -2.32. The van der Waals surface area contributed by atoms with Gasteiger partial charge in [0, 0.05) is 32.0 Å². The van der Waals surface area contributed by atoms with Crippen LogP contribution in [0.4, 0.5) is 5.69 Å². The van der Waals surface area contributed by atoms with Gasteiger partial charge >= 0.3 is 0 Å². The van der Waals surface area contributed by atoms with Gasteiger partial charge in [0.1, 0.15) is 11.8 Å². The Kier molecular flexibility index (Phi) is 11.3. The first-order chi connectivity index (χ1) is 19.5. The number of nitrogens with one attached hydrogen (secondary N) is 1. The molecule has 0 saturated carbocycles. The van der Waals surface area contributed by atoms with Crippen molar-refractivity contribution in [3.8, 4) is 5.75 Å². The molecule has 0 aromatic heterocycles. The maximum Gasteiger partial charge on any atom is 0.243 e. The van der Waals surface area contributed by atoms with Crippen molar-refractivity contribution in [3.05, 3.63) is 95.6 Å². The maximum absolute atomic E-state index is 13.9. The SMILES string of the molecule is COc1ccccc1N(CCCC(=O)N(Cc1ccc(C)cc1)[C@@H](Cc1ccccc1)C(=O)NC(C)C)S(C)(=O)=O. The summed E-state index contributed by atoms with van der Waals surface area (Å²) < 4.78 is 32.1. The zero-order chi connectivity index (χ0) is 30.0. The van der Waals surface area contributed by atoms with Gasteiger partial charge in [0.2, 0.25) is 21.8 Å². The van der Waals surface area contributed by atoms with Crippen LogP contribution in [0.1, 0.15) is 43.4 Å². The van der Waals surface area contributed by atoms with Crippen molar-refractivity contribution in [2.24, 2.45) is 0 Å². The van der Waals surface area contributed by atoms with Gasteiger partial charge in [-0.3, -0.25) is 13.9 Å². The van der Waals surface area contributed by atoms with Crippen LogP contribution in [0.3, 0.4) is 0 Å². The van der Waals surface area contributed by atoms with E-state index in [-0.39, 0.29) is 43.8 Å². The zero-order valence-corrected chi connectivity index (χ0v) is 25.4. The summed E-state index contributed by atoms with van der Waals surface area (Å²) in [6, 6.07) is 23.6. The smallest absolute Gasteiger partial charge is 0.243 e. The van der Waals surface area contributed by atoms with E-state index in [1.165, 1.54) is 11.4 Å². The van der Waals surface area contributed by atoms with E-state index in [4.69, 9.17) is 4.74 Å². The van der Waals surface area contributed by atoms with Gasteiger partial charge < -0.3 is 15.0 Å². The van der Waals surface area contributed by atoms with E-state index >= 15 is 0 Å². The summed E-state index contributed by atoms with van der Waals surface area (Å²) in [6.07, 6.45) is 1.82. The molecule has 0 heterocycles. The first-order valence-electron chi connectivity index (χ1n) is 13.8. The van der Waals surface area contributed by atoms with Crippen molar-refractivity contribution in [1.29, 1.82) is 0 Å². The van der Waals surface area contributed by atoms with Crippen LogP contribution in [0.2, 0.25) is 0 Å². The van der Waals surface area contributed by atoms with Gasteiger partial charge in [-0.15, -0.1) is 0 Å². The van der Waals surface area contributed by atoms with Crippen molar-refractivity contribution in [2.45, 2.75) is 58.7 Å². The first kappa shape index (κ1) is 31.7. The molecule has 8 nitrogen and oxygen atoms in total. The minimum Gasteiger partial charge on any atom is -0.495 e. The molecule has 0 fully saturated rings. The van der Waals surface area contributed by atoms with E-state index in [1.807, 2.05) is 75.4 Å². The monoisotopic (exact) mass is 579 g/mol. The Labute approximate surface area is 244 Å². The largest absolute Gasteiger partial charge is 0.495 e. The number of amides is 2. The van der Waals surface area contributed by atoms with Crippen LogP contribution in [0.25, 0.3) is 0 Å². The van der Waals surface area contributed by atoms with Crippen LogP contribution < -0.4 is 14.4 Å². The highest BCUT2D eigenvalue weighted by atomic mass is 32.2. The van der Waals surface area contributed by atoms with E-state index in [0.29, 0.717) is 17.9 Å². The highest BCUT2D eigenvalue weighted by molar-refractivity contribution is 7.92.